The van der Waals surface area contributed by atoms with Crippen molar-refractivity contribution in [1.29, 1.82) is 0 Å². The molecule has 152 valence electrons. The average molecular weight is 360 g/mol. The molecule has 0 aromatic carbocycles. The number of carboxylic acids is 1. The Hall–Kier alpha value is -0.900. The fourth-order valence-corrected chi connectivity index (χ4v) is 2.54. The standard InChI is InChI=1S/C15H27NO3.3C2H6/c1-12(17)14(16(2)11-13-9-10-13)7-5-3-4-6-8-15(18)19;3*1-2/h13-14H,3-11H2,1-2H3,(H,18,19);3*1-2H3. The molecule has 1 fully saturated rings. The van der Waals surface area contributed by atoms with E-state index < -0.39 is 5.97 Å². The van der Waals surface area contributed by atoms with Crippen LogP contribution in [0.3, 0.4) is 0 Å². The Kier molecular flexibility index (Phi) is 24.4. The van der Waals surface area contributed by atoms with E-state index in [1.165, 1.54) is 12.8 Å². The van der Waals surface area contributed by atoms with Crippen LogP contribution < -0.4 is 0 Å². The third-order valence-electron chi connectivity index (χ3n) is 3.86. The van der Waals surface area contributed by atoms with E-state index in [9.17, 15) is 9.59 Å². The summed E-state index contributed by atoms with van der Waals surface area (Å²) in [5.41, 5.74) is 0. The highest BCUT2D eigenvalue weighted by Crippen LogP contribution is 2.30. The molecule has 0 spiro atoms. The monoisotopic (exact) mass is 359 g/mol. The van der Waals surface area contributed by atoms with Gasteiger partial charge in [0.15, 0.2) is 0 Å². The molecule has 0 radical (unpaired) electrons. The number of carbonyl (C=O) groups is 2. The number of ketones is 1. The SMILES string of the molecule is CC.CC.CC.CC(=O)C(CCCCCCC(=O)O)N(C)CC1CC1. The van der Waals surface area contributed by atoms with Crippen molar-refractivity contribution in [3.63, 3.8) is 0 Å². The van der Waals surface area contributed by atoms with Gasteiger partial charge in [-0.05, 0) is 45.6 Å². The molecule has 1 atom stereocenters. The highest BCUT2D eigenvalue weighted by atomic mass is 16.4. The molecule has 0 aromatic heterocycles. The van der Waals surface area contributed by atoms with Gasteiger partial charge in [-0.1, -0.05) is 60.8 Å². The lowest BCUT2D eigenvalue weighted by molar-refractivity contribution is -0.137. The zero-order chi connectivity index (χ0) is 20.3. The molecular formula is C21H45NO3. The van der Waals surface area contributed by atoms with E-state index in [4.69, 9.17) is 5.11 Å². The van der Waals surface area contributed by atoms with Gasteiger partial charge in [0.2, 0.25) is 0 Å². The minimum atomic E-state index is -0.717. The zero-order valence-corrected chi connectivity index (χ0v) is 18.2. The molecule has 4 heteroatoms. The van der Waals surface area contributed by atoms with E-state index in [-0.39, 0.29) is 18.2 Å². The smallest absolute Gasteiger partial charge is 0.303 e. The molecule has 1 aliphatic rings. The van der Waals surface area contributed by atoms with Crippen molar-refractivity contribution < 1.29 is 14.7 Å². The van der Waals surface area contributed by atoms with Gasteiger partial charge in [0.25, 0.3) is 0 Å². The van der Waals surface area contributed by atoms with Crippen molar-refractivity contribution in [1.82, 2.24) is 4.90 Å². The predicted molar refractivity (Wildman–Crippen MR) is 109 cm³/mol. The van der Waals surface area contributed by atoms with E-state index in [1.54, 1.807) is 6.92 Å². The maximum absolute atomic E-state index is 11.7. The Morgan fingerprint density at radius 1 is 0.960 bits per heavy atom. The number of carboxylic acid groups (broad SMARTS) is 1. The van der Waals surface area contributed by atoms with Crippen LogP contribution in [0.1, 0.15) is 99.8 Å². The van der Waals surface area contributed by atoms with Crippen molar-refractivity contribution in [2.24, 2.45) is 5.92 Å². The Balaban J connectivity index is -0.000000725. The van der Waals surface area contributed by atoms with E-state index in [1.807, 2.05) is 41.5 Å². The third-order valence-corrected chi connectivity index (χ3v) is 3.86. The quantitative estimate of drug-likeness (QED) is 0.474. The normalized spacial score (nSPS) is 13.3. The third kappa shape index (κ3) is 19.3. The van der Waals surface area contributed by atoms with E-state index >= 15 is 0 Å². The second-order valence-corrected chi connectivity index (χ2v) is 5.86. The number of hydrogen-bond acceptors (Lipinski definition) is 3. The summed E-state index contributed by atoms with van der Waals surface area (Å²) in [6.07, 6.45) is 7.52. The number of aliphatic carboxylic acids is 1. The summed E-state index contributed by atoms with van der Waals surface area (Å²) in [6, 6.07) is 0.0556. The number of Topliss-reactive ketones (excluding diaryl/α,β-unsaturated/α-hetero) is 1. The number of unbranched alkanes of at least 4 members (excludes halogenated alkanes) is 3. The van der Waals surface area contributed by atoms with Crippen LogP contribution in [-0.4, -0.2) is 41.4 Å². The zero-order valence-electron chi connectivity index (χ0n) is 18.2. The van der Waals surface area contributed by atoms with Gasteiger partial charge in [0.1, 0.15) is 5.78 Å². The Bertz CT molecular complexity index is 302. The lowest BCUT2D eigenvalue weighted by Gasteiger charge is -2.26. The molecule has 1 N–H and O–H groups in total. The molecule has 0 aromatic rings. The van der Waals surface area contributed by atoms with Crippen LogP contribution in [-0.2, 0) is 9.59 Å². The second kappa shape index (κ2) is 21.1. The topological polar surface area (TPSA) is 57.6 Å². The molecule has 0 heterocycles. The van der Waals surface area contributed by atoms with Crippen LogP contribution in [0.15, 0.2) is 0 Å². The van der Waals surface area contributed by atoms with Crippen molar-refractivity contribution in [2.75, 3.05) is 13.6 Å². The minimum Gasteiger partial charge on any atom is -0.481 e. The maximum atomic E-state index is 11.7. The molecule has 1 aliphatic carbocycles. The van der Waals surface area contributed by atoms with Gasteiger partial charge in [-0.25, -0.2) is 0 Å². The van der Waals surface area contributed by atoms with Crippen LogP contribution in [0.2, 0.25) is 0 Å². The van der Waals surface area contributed by atoms with Gasteiger partial charge in [-0.3, -0.25) is 14.5 Å². The number of hydrogen-bond donors (Lipinski definition) is 1. The average Bonchev–Trinajstić information content (AvgIpc) is 3.42. The number of rotatable bonds is 11. The molecule has 0 amide bonds. The molecule has 0 aliphatic heterocycles. The first-order valence-corrected chi connectivity index (χ1v) is 10.4. The summed E-state index contributed by atoms with van der Waals surface area (Å²) in [5, 5.41) is 8.54. The summed E-state index contributed by atoms with van der Waals surface area (Å²) in [5.74, 6) is 0.349. The summed E-state index contributed by atoms with van der Waals surface area (Å²) in [7, 11) is 2.05. The number of carbonyl (C=O) groups excluding carboxylic acids is 1. The fourth-order valence-electron chi connectivity index (χ4n) is 2.54. The van der Waals surface area contributed by atoms with Crippen molar-refractivity contribution in [3.05, 3.63) is 0 Å². The van der Waals surface area contributed by atoms with Gasteiger partial charge < -0.3 is 5.11 Å². The predicted octanol–water partition coefficient (Wildman–Crippen LogP) is 5.79. The van der Waals surface area contributed by atoms with E-state index in [0.717, 1.165) is 44.6 Å². The van der Waals surface area contributed by atoms with Gasteiger partial charge >= 0.3 is 5.97 Å². The van der Waals surface area contributed by atoms with Gasteiger partial charge in [0.05, 0.1) is 6.04 Å². The first-order chi connectivity index (χ1) is 12.0. The molecular weight excluding hydrogens is 314 g/mol. The largest absolute Gasteiger partial charge is 0.481 e. The lowest BCUT2D eigenvalue weighted by Crippen LogP contribution is -2.38. The molecule has 0 saturated heterocycles. The molecule has 1 rings (SSSR count). The van der Waals surface area contributed by atoms with Crippen molar-refractivity contribution in [3.8, 4) is 0 Å². The summed E-state index contributed by atoms with van der Waals surface area (Å²) < 4.78 is 0. The number of likely N-dealkylation sites (N-methyl/N-ethyl adjacent to an activating group) is 1. The second-order valence-electron chi connectivity index (χ2n) is 5.86. The van der Waals surface area contributed by atoms with Crippen LogP contribution in [0.5, 0.6) is 0 Å². The summed E-state index contributed by atoms with van der Waals surface area (Å²) in [4.78, 5) is 24.3. The van der Waals surface area contributed by atoms with Crippen LogP contribution in [0.25, 0.3) is 0 Å². The first kappa shape index (κ1) is 28.9. The highest BCUT2D eigenvalue weighted by molar-refractivity contribution is 5.81. The Morgan fingerprint density at radius 2 is 1.44 bits per heavy atom. The van der Waals surface area contributed by atoms with Gasteiger partial charge in [-0.15, -0.1) is 0 Å². The molecule has 1 unspecified atom stereocenters. The molecule has 1 saturated carbocycles. The van der Waals surface area contributed by atoms with E-state index in [0.29, 0.717) is 0 Å². The minimum absolute atomic E-state index is 0.0556. The van der Waals surface area contributed by atoms with E-state index in [2.05, 4.69) is 11.9 Å². The summed E-state index contributed by atoms with van der Waals surface area (Å²) in [6.45, 7) is 14.7. The fraction of sp³-hybridized carbons (Fsp3) is 0.905. The lowest BCUT2D eigenvalue weighted by atomic mass is 10.0. The molecule has 0 bridgehead atoms. The summed E-state index contributed by atoms with van der Waals surface area (Å²) >= 11 is 0. The molecule has 4 nitrogen and oxygen atoms in total. The maximum Gasteiger partial charge on any atom is 0.303 e. The highest BCUT2D eigenvalue weighted by Gasteiger charge is 2.27. The number of nitrogens with zero attached hydrogens (tertiary/aromatic N) is 1. The first-order valence-electron chi connectivity index (χ1n) is 10.4. The Morgan fingerprint density at radius 3 is 1.84 bits per heavy atom. The Labute approximate surface area is 157 Å². The van der Waals surface area contributed by atoms with Crippen molar-refractivity contribution in [2.45, 2.75) is 106 Å². The van der Waals surface area contributed by atoms with Crippen LogP contribution in [0, 0.1) is 5.92 Å². The van der Waals surface area contributed by atoms with Crippen molar-refractivity contribution >= 4 is 11.8 Å². The van der Waals surface area contributed by atoms with Crippen LogP contribution in [0.4, 0.5) is 0 Å². The van der Waals surface area contributed by atoms with Crippen LogP contribution >= 0.6 is 0 Å². The molecule has 25 heavy (non-hydrogen) atoms. The van der Waals surface area contributed by atoms with Gasteiger partial charge in [0, 0.05) is 13.0 Å². The van der Waals surface area contributed by atoms with Gasteiger partial charge in [-0.2, -0.15) is 0 Å².